The van der Waals surface area contributed by atoms with Gasteiger partial charge in [-0.25, -0.2) is 5.10 Å². The van der Waals surface area contributed by atoms with Gasteiger partial charge in [0, 0.05) is 19.7 Å². The molecule has 1 aliphatic rings. The Labute approximate surface area is 100 Å². The number of likely N-dealkylation sites (N-methyl/N-ethyl adjacent to an activating group) is 1. The van der Waals surface area contributed by atoms with Crippen molar-refractivity contribution in [3.63, 3.8) is 0 Å². The SMILES string of the molecule is CC(C)n1c(N(C)C2CCOC2)n[nH]c1=S. The van der Waals surface area contributed by atoms with Crippen LogP contribution >= 0.6 is 12.2 Å². The number of rotatable bonds is 3. The van der Waals surface area contributed by atoms with Crippen LogP contribution in [0.3, 0.4) is 0 Å². The lowest BCUT2D eigenvalue weighted by Gasteiger charge is -2.25. The Bertz CT molecular complexity index is 405. The molecule has 1 aliphatic heterocycles. The molecule has 1 aromatic rings. The minimum atomic E-state index is 0.311. The average molecular weight is 242 g/mol. The van der Waals surface area contributed by atoms with Crippen LogP contribution in [-0.2, 0) is 4.74 Å². The van der Waals surface area contributed by atoms with Crippen LogP contribution in [0.25, 0.3) is 0 Å². The molecule has 16 heavy (non-hydrogen) atoms. The number of nitrogens with zero attached hydrogens (tertiary/aromatic N) is 3. The highest BCUT2D eigenvalue weighted by atomic mass is 32.1. The van der Waals surface area contributed by atoms with Gasteiger partial charge in [0.1, 0.15) is 0 Å². The fourth-order valence-corrected chi connectivity index (χ4v) is 2.34. The number of hydrogen-bond acceptors (Lipinski definition) is 4. The lowest BCUT2D eigenvalue weighted by atomic mass is 10.2. The first-order valence-electron chi connectivity index (χ1n) is 5.58. The van der Waals surface area contributed by atoms with Crippen LogP contribution in [0.5, 0.6) is 0 Å². The van der Waals surface area contributed by atoms with E-state index in [1.165, 1.54) is 0 Å². The Kier molecular flexibility index (Phi) is 3.30. The summed E-state index contributed by atoms with van der Waals surface area (Å²) in [7, 11) is 2.04. The van der Waals surface area contributed by atoms with Gasteiger partial charge in [0.05, 0.1) is 12.6 Å². The third-order valence-electron chi connectivity index (χ3n) is 2.97. The van der Waals surface area contributed by atoms with Crippen molar-refractivity contribution in [1.82, 2.24) is 14.8 Å². The summed E-state index contributed by atoms with van der Waals surface area (Å²) >= 11 is 5.23. The maximum Gasteiger partial charge on any atom is 0.226 e. The number of aromatic amines is 1. The zero-order valence-corrected chi connectivity index (χ0v) is 10.8. The first kappa shape index (κ1) is 11.6. The summed E-state index contributed by atoms with van der Waals surface area (Å²) in [6, 6.07) is 0.716. The molecule has 1 atom stereocenters. The molecule has 1 saturated heterocycles. The summed E-state index contributed by atoms with van der Waals surface area (Å²) < 4.78 is 8.10. The molecule has 6 heteroatoms. The van der Waals surface area contributed by atoms with E-state index in [1.807, 2.05) is 11.6 Å². The zero-order chi connectivity index (χ0) is 11.7. The molecule has 5 nitrogen and oxygen atoms in total. The van der Waals surface area contributed by atoms with Gasteiger partial charge < -0.3 is 9.64 Å². The second-order valence-electron chi connectivity index (χ2n) is 4.42. The van der Waals surface area contributed by atoms with E-state index in [9.17, 15) is 0 Å². The predicted molar refractivity (Wildman–Crippen MR) is 65.4 cm³/mol. The smallest absolute Gasteiger partial charge is 0.226 e. The quantitative estimate of drug-likeness (QED) is 0.820. The molecule has 1 unspecified atom stereocenters. The summed E-state index contributed by atoms with van der Waals surface area (Å²) in [5, 5.41) is 7.15. The Morgan fingerprint density at radius 3 is 2.94 bits per heavy atom. The fourth-order valence-electron chi connectivity index (χ4n) is 2.00. The van der Waals surface area contributed by atoms with Crippen LogP contribution in [0.15, 0.2) is 0 Å². The van der Waals surface area contributed by atoms with Crippen LogP contribution in [0, 0.1) is 4.77 Å². The van der Waals surface area contributed by atoms with Crippen LogP contribution in [0.1, 0.15) is 26.3 Å². The lowest BCUT2D eigenvalue weighted by molar-refractivity contribution is 0.193. The summed E-state index contributed by atoms with van der Waals surface area (Å²) in [4.78, 5) is 2.15. The van der Waals surface area contributed by atoms with E-state index in [1.54, 1.807) is 0 Å². The second kappa shape index (κ2) is 4.55. The molecule has 1 fully saturated rings. The molecule has 90 valence electrons. The van der Waals surface area contributed by atoms with Gasteiger partial charge in [-0.3, -0.25) is 4.57 Å². The highest BCUT2D eigenvalue weighted by Crippen LogP contribution is 2.21. The molecule has 0 aromatic carbocycles. The molecule has 2 heterocycles. The Hall–Kier alpha value is -0.880. The van der Waals surface area contributed by atoms with Crippen LogP contribution < -0.4 is 4.90 Å². The molecule has 0 saturated carbocycles. The molecule has 0 radical (unpaired) electrons. The van der Waals surface area contributed by atoms with Crippen molar-refractivity contribution in [2.24, 2.45) is 0 Å². The molecule has 1 aromatic heterocycles. The standard InChI is InChI=1S/C10H18N4OS/c1-7(2)14-9(11-12-10(14)16)13(3)8-4-5-15-6-8/h7-8H,4-6H2,1-3H3,(H,12,16). The zero-order valence-electron chi connectivity index (χ0n) is 9.93. The second-order valence-corrected chi connectivity index (χ2v) is 4.81. The highest BCUT2D eigenvalue weighted by molar-refractivity contribution is 7.71. The van der Waals surface area contributed by atoms with Crippen LogP contribution in [-0.4, -0.2) is 41.1 Å². The Morgan fingerprint density at radius 2 is 2.38 bits per heavy atom. The summed E-state index contributed by atoms with van der Waals surface area (Å²) in [5.74, 6) is 0.899. The van der Waals surface area contributed by atoms with E-state index in [2.05, 4.69) is 28.9 Å². The van der Waals surface area contributed by atoms with E-state index in [4.69, 9.17) is 17.0 Å². The number of nitrogens with one attached hydrogen (secondary N) is 1. The monoisotopic (exact) mass is 242 g/mol. The van der Waals surface area contributed by atoms with Gasteiger partial charge in [-0.1, -0.05) is 0 Å². The third-order valence-corrected chi connectivity index (χ3v) is 3.26. The molecule has 0 amide bonds. The first-order valence-corrected chi connectivity index (χ1v) is 5.99. The predicted octanol–water partition coefficient (Wildman–Crippen LogP) is 1.75. The average Bonchev–Trinajstić information content (AvgIpc) is 2.84. The summed E-state index contributed by atoms with van der Waals surface area (Å²) in [6.07, 6.45) is 1.05. The van der Waals surface area contributed by atoms with Crippen LogP contribution in [0.4, 0.5) is 5.95 Å². The molecule has 0 aliphatic carbocycles. The highest BCUT2D eigenvalue weighted by Gasteiger charge is 2.24. The molecule has 0 bridgehead atoms. The van der Waals surface area contributed by atoms with Gasteiger partial charge in [0.15, 0.2) is 4.77 Å². The van der Waals surface area contributed by atoms with Gasteiger partial charge in [-0.15, -0.1) is 5.10 Å². The minimum Gasteiger partial charge on any atom is -0.379 e. The number of ether oxygens (including phenoxy) is 1. The molecule has 0 spiro atoms. The van der Waals surface area contributed by atoms with Crippen molar-refractivity contribution in [2.45, 2.75) is 32.4 Å². The Balaban J connectivity index is 2.28. The fraction of sp³-hybridized carbons (Fsp3) is 0.800. The summed E-state index contributed by atoms with van der Waals surface area (Å²) in [5.41, 5.74) is 0. The summed E-state index contributed by atoms with van der Waals surface area (Å²) in [6.45, 7) is 5.82. The molecule has 2 rings (SSSR count). The third kappa shape index (κ3) is 1.99. The van der Waals surface area contributed by atoms with Crippen molar-refractivity contribution < 1.29 is 4.74 Å². The molecule has 1 N–H and O–H groups in total. The van der Waals surface area contributed by atoms with E-state index < -0.39 is 0 Å². The van der Waals surface area contributed by atoms with Crippen molar-refractivity contribution in [2.75, 3.05) is 25.2 Å². The normalized spacial score (nSPS) is 20.6. The first-order chi connectivity index (χ1) is 7.61. The number of hydrogen-bond donors (Lipinski definition) is 1. The molecular weight excluding hydrogens is 224 g/mol. The Morgan fingerprint density at radius 1 is 1.62 bits per heavy atom. The van der Waals surface area contributed by atoms with E-state index in [0.717, 1.165) is 25.6 Å². The molecular formula is C10H18N4OS. The van der Waals surface area contributed by atoms with Gasteiger partial charge in [-0.2, -0.15) is 0 Å². The maximum absolute atomic E-state index is 5.39. The topological polar surface area (TPSA) is 46.1 Å². The van der Waals surface area contributed by atoms with Crippen molar-refractivity contribution in [3.8, 4) is 0 Å². The van der Waals surface area contributed by atoms with E-state index in [0.29, 0.717) is 16.9 Å². The largest absolute Gasteiger partial charge is 0.379 e. The van der Waals surface area contributed by atoms with Crippen molar-refractivity contribution >= 4 is 18.2 Å². The van der Waals surface area contributed by atoms with Gasteiger partial charge in [0.25, 0.3) is 0 Å². The number of aromatic nitrogens is 3. The van der Waals surface area contributed by atoms with E-state index >= 15 is 0 Å². The van der Waals surface area contributed by atoms with Crippen molar-refractivity contribution in [1.29, 1.82) is 0 Å². The number of H-pyrrole nitrogens is 1. The minimum absolute atomic E-state index is 0.311. The van der Waals surface area contributed by atoms with Crippen molar-refractivity contribution in [3.05, 3.63) is 4.77 Å². The maximum atomic E-state index is 5.39. The van der Waals surface area contributed by atoms with E-state index in [-0.39, 0.29) is 0 Å². The van der Waals surface area contributed by atoms with Crippen LogP contribution in [0.2, 0.25) is 0 Å². The lowest BCUT2D eigenvalue weighted by Crippen LogP contribution is -2.34. The van der Waals surface area contributed by atoms with Gasteiger partial charge >= 0.3 is 0 Å². The van der Waals surface area contributed by atoms with Gasteiger partial charge in [0.2, 0.25) is 5.95 Å². The number of anilines is 1. The van der Waals surface area contributed by atoms with Gasteiger partial charge in [-0.05, 0) is 32.5 Å².